The minimum absolute atomic E-state index is 0.167. The molecule has 1 aliphatic heterocycles. The molecule has 0 aliphatic carbocycles. The summed E-state index contributed by atoms with van der Waals surface area (Å²) in [5, 5.41) is 8.94. The first-order valence-corrected chi connectivity index (χ1v) is 4.76. The predicted octanol–water partition coefficient (Wildman–Crippen LogP) is 0.263. The standard InChI is InChI=1S/C10H15NO4/c1-3-4-9(12)11-6-7(15-2)5-8(11)10(13)14/h3,7-8H,1,4-6H2,2H3,(H,13,14). The highest BCUT2D eigenvalue weighted by atomic mass is 16.5. The summed E-state index contributed by atoms with van der Waals surface area (Å²) in [6.07, 6.45) is 1.82. The predicted molar refractivity (Wildman–Crippen MR) is 53.4 cm³/mol. The number of hydrogen-bond donors (Lipinski definition) is 1. The van der Waals surface area contributed by atoms with E-state index in [4.69, 9.17) is 9.84 Å². The second-order valence-corrected chi connectivity index (χ2v) is 3.49. The van der Waals surface area contributed by atoms with Crippen LogP contribution in [0.2, 0.25) is 0 Å². The zero-order valence-electron chi connectivity index (χ0n) is 8.68. The molecular formula is C10H15NO4. The minimum atomic E-state index is -0.980. The van der Waals surface area contributed by atoms with Crippen LogP contribution in [0.3, 0.4) is 0 Å². The molecule has 1 saturated heterocycles. The number of carboxylic acid groups (broad SMARTS) is 1. The second kappa shape index (κ2) is 4.93. The molecule has 5 heteroatoms. The summed E-state index contributed by atoms with van der Waals surface area (Å²) in [4.78, 5) is 23.8. The molecule has 2 unspecified atom stereocenters. The van der Waals surface area contributed by atoms with E-state index in [1.807, 2.05) is 0 Å². The number of amides is 1. The van der Waals surface area contributed by atoms with E-state index < -0.39 is 12.0 Å². The van der Waals surface area contributed by atoms with Gasteiger partial charge in [-0.1, -0.05) is 6.08 Å². The normalized spacial score (nSPS) is 25.3. The molecule has 1 amide bonds. The van der Waals surface area contributed by atoms with Crippen molar-refractivity contribution in [2.24, 2.45) is 0 Å². The molecule has 1 N–H and O–H groups in total. The van der Waals surface area contributed by atoms with Gasteiger partial charge in [0.2, 0.25) is 5.91 Å². The van der Waals surface area contributed by atoms with E-state index in [1.54, 1.807) is 0 Å². The van der Waals surface area contributed by atoms with Crippen LogP contribution in [-0.4, -0.2) is 47.7 Å². The Kier molecular flexibility index (Phi) is 3.85. The minimum Gasteiger partial charge on any atom is -0.480 e. The van der Waals surface area contributed by atoms with Crippen molar-refractivity contribution < 1.29 is 19.4 Å². The van der Waals surface area contributed by atoms with E-state index >= 15 is 0 Å². The Morgan fingerprint density at radius 3 is 2.80 bits per heavy atom. The number of hydrogen-bond acceptors (Lipinski definition) is 3. The number of carbonyl (C=O) groups is 2. The zero-order chi connectivity index (χ0) is 11.4. The molecule has 0 spiro atoms. The maximum Gasteiger partial charge on any atom is 0.326 e. The summed E-state index contributed by atoms with van der Waals surface area (Å²) in [6, 6.07) is -0.762. The van der Waals surface area contributed by atoms with Gasteiger partial charge in [-0.15, -0.1) is 6.58 Å². The molecule has 0 aromatic carbocycles. The summed E-state index contributed by atoms with van der Waals surface area (Å²) in [5.74, 6) is -1.19. The van der Waals surface area contributed by atoms with E-state index in [0.29, 0.717) is 13.0 Å². The van der Waals surface area contributed by atoms with Crippen molar-refractivity contribution in [1.29, 1.82) is 0 Å². The lowest BCUT2D eigenvalue weighted by molar-refractivity contribution is -0.147. The van der Waals surface area contributed by atoms with Gasteiger partial charge < -0.3 is 14.7 Å². The van der Waals surface area contributed by atoms with E-state index in [9.17, 15) is 9.59 Å². The highest BCUT2D eigenvalue weighted by Gasteiger charge is 2.39. The van der Waals surface area contributed by atoms with E-state index in [1.165, 1.54) is 18.1 Å². The van der Waals surface area contributed by atoms with Gasteiger partial charge in [-0.3, -0.25) is 4.79 Å². The zero-order valence-corrected chi connectivity index (χ0v) is 8.68. The van der Waals surface area contributed by atoms with Crippen molar-refractivity contribution in [2.45, 2.75) is 25.0 Å². The van der Waals surface area contributed by atoms with Crippen molar-refractivity contribution in [1.82, 2.24) is 4.90 Å². The maximum absolute atomic E-state index is 11.6. The molecule has 5 nitrogen and oxygen atoms in total. The summed E-state index contributed by atoms with van der Waals surface area (Å²) < 4.78 is 5.07. The number of ether oxygens (including phenoxy) is 1. The average Bonchev–Trinajstić information content (AvgIpc) is 2.61. The lowest BCUT2D eigenvalue weighted by Gasteiger charge is -2.20. The molecule has 0 saturated carbocycles. The van der Waals surface area contributed by atoms with Gasteiger partial charge in [-0.25, -0.2) is 4.79 Å². The van der Waals surface area contributed by atoms with Gasteiger partial charge in [0.15, 0.2) is 0 Å². The van der Waals surface area contributed by atoms with Crippen LogP contribution in [0, 0.1) is 0 Å². The third-order valence-electron chi connectivity index (χ3n) is 2.52. The summed E-state index contributed by atoms with van der Waals surface area (Å²) >= 11 is 0. The van der Waals surface area contributed by atoms with Crippen molar-refractivity contribution in [3.8, 4) is 0 Å². The first-order chi connectivity index (χ1) is 7.10. The lowest BCUT2D eigenvalue weighted by atomic mass is 10.2. The van der Waals surface area contributed by atoms with Gasteiger partial charge in [0.25, 0.3) is 0 Å². The van der Waals surface area contributed by atoms with Crippen LogP contribution in [0.4, 0.5) is 0 Å². The van der Waals surface area contributed by atoms with Gasteiger partial charge >= 0.3 is 5.97 Å². The molecule has 1 fully saturated rings. The van der Waals surface area contributed by atoms with Crippen LogP contribution >= 0.6 is 0 Å². The molecule has 1 aliphatic rings. The molecule has 2 atom stereocenters. The van der Waals surface area contributed by atoms with Gasteiger partial charge in [-0.2, -0.15) is 0 Å². The number of aliphatic carboxylic acids is 1. The largest absolute Gasteiger partial charge is 0.480 e. The van der Waals surface area contributed by atoms with Gasteiger partial charge in [0.1, 0.15) is 6.04 Å². The fourth-order valence-corrected chi connectivity index (χ4v) is 1.72. The summed E-state index contributed by atoms with van der Waals surface area (Å²) in [7, 11) is 1.52. The Balaban J connectivity index is 2.72. The van der Waals surface area contributed by atoms with Crippen LogP contribution < -0.4 is 0 Å². The van der Waals surface area contributed by atoms with Crippen LogP contribution in [0.15, 0.2) is 12.7 Å². The fourth-order valence-electron chi connectivity index (χ4n) is 1.72. The average molecular weight is 213 g/mol. The summed E-state index contributed by atoms with van der Waals surface area (Å²) in [6.45, 7) is 3.80. The summed E-state index contributed by atoms with van der Waals surface area (Å²) in [5.41, 5.74) is 0. The number of carbonyl (C=O) groups excluding carboxylic acids is 1. The Bertz CT molecular complexity index is 277. The number of likely N-dealkylation sites (tertiary alicyclic amines) is 1. The molecular weight excluding hydrogens is 198 g/mol. The van der Waals surface area contributed by atoms with Crippen molar-refractivity contribution in [3.05, 3.63) is 12.7 Å². The van der Waals surface area contributed by atoms with Crippen LogP contribution in [-0.2, 0) is 14.3 Å². The van der Waals surface area contributed by atoms with E-state index in [0.717, 1.165) is 0 Å². The molecule has 15 heavy (non-hydrogen) atoms. The van der Waals surface area contributed by atoms with Gasteiger partial charge in [-0.05, 0) is 0 Å². The first kappa shape index (κ1) is 11.7. The van der Waals surface area contributed by atoms with Crippen LogP contribution in [0.25, 0.3) is 0 Å². The molecule has 1 rings (SSSR count). The van der Waals surface area contributed by atoms with Crippen LogP contribution in [0.5, 0.6) is 0 Å². The molecule has 0 radical (unpaired) electrons. The van der Waals surface area contributed by atoms with Gasteiger partial charge in [0, 0.05) is 26.5 Å². The third-order valence-corrected chi connectivity index (χ3v) is 2.52. The monoisotopic (exact) mass is 213 g/mol. The first-order valence-electron chi connectivity index (χ1n) is 4.76. The van der Waals surface area contributed by atoms with Gasteiger partial charge in [0.05, 0.1) is 6.10 Å². The lowest BCUT2D eigenvalue weighted by Crippen LogP contribution is -2.40. The highest BCUT2D eigenvalue weighted by molar-refractivity contribution is 5.85. The van der Waals surface area contributed by atoms with E-state index in [-0.39, 0.29) is 18.4 Å². The quantitative estimate of drug-likeness (QED) is 0.680. The molecule has 0 aromatic heterocycles. The van der Waals surface area contributed by atoms with Crippen molar-refractivity contribution >= 4 is 11.9 Å². The SMILES string of the molecule is C=CCC(=O)N1CC(OC)CC1C(=O)O. The van der Waals surface area contributed by atoms with Crippen molar-refractivity contribution in [2.75, 3.05) is 13.7 Å². The third kappa shape index (κ3) is 2.56. The Morgan fingerprint density at radius 1 is 1.67 bits per heavy atom. The second-order valence-electron chi connectivity index (χ2n) is 3.49. The Labute approximate surface area is 88.3 Å². The van der Waals surface area contributed by atoms with Crippen molar-refractivity contribution in [3.63, 3.8) is 0 Å². The Hall–Kier alpha value is -1.36. The number of nitrogens with zero attached hydrogens (tertiary/aromatic N) is 1. The fraction of sp³-hybridized carbons (Fsp3) is 0.600. The number of rotatable bonds is 4. The highest BCUT2D eigenvalue weighted by Crippen LogP contribution is 2.21. The molecule has 0 aromatic rings. The topological polar surface area (TPSA) is 66.8 Å². The van der Waals surface area contributed by atoms with E-state index in [2.05, 4.69) is 6.58 Å². The smallest absolute Gasteiger partial charge is 0.326 e. The molecule has 0 bridgehead atoms. The Morgan fingerprint density at radius 2 is 2.33 bits per heavy atom. The number of methoxy groups -OCH3 is 1. The maximum atomic E-state index is 11.6. The molecule has 1 heterocycles. The van der Waals surface area contributed by atoms with Crippen LogP contribution in [0.1, 0.15) is 12.8 Å². The molecule has 84 valence electrons. The number of carboxylic acids is 1.